The zero-order chi connectivity index (χ0) is 12.3. The first-order chi connectivity index (χ1) is 8.15. The smallest absolute Gasteiger partial charge is 0.0413 e. The molecule has 0 aliphatic heterocycles. The predicted octanol–water partition coefficient (Wildman–Crippen LogP) is 3.41. The van der Waals surface area contributed by atoms with Gasteiger partial charge in [0.25, 0.3) is 0 Å². The van der Waals surface area contributed by atoms with E-state index in [2.05, 4.69) is 52.2 Å². The van der Waals surface area contributed by atoms with Crippen LogP contribution < -0.4 is 5.32 Å². The van der Waals surface area contributed by atoms with Gasteiger partial charge in [-0.15, -0.1) is 0 Å². The molecule has 1 saturated carbocycles. The van der Waals surface area contributed by atoms with Crippen molar-refractivity contribution >= 4 is 15.9 Å². The first-order valence-corrected chi connectivity index (χ1v) is 7.28. The number of rotatable bonds is 5. The molecular formula is C14H21BrN2. The quantitative estimate of drug-likeness (QED) is 0.901. The SMILES string of the molecule is CC(C)NCC1CCC1Cc1ccc(Br)cn1. The zero-order valence-electron chi connectivity index (χ0n) is 10.6. The van der Waals surface area contributed by atoms with Gasteiger partial charge in [-0.25, -0.2) is 0 Å². The lowest BCUT2D eigenvalue weighted by molar-refractivity contribution is 0.166. The van der Waals surface area contributed by atoms with Gasteiger partial charge in [-0.05, 0) is 65.7 Å². The van der Waals surface area contributed by atoms with Gasteiger partial charge in [0.2, 0.25) is 0 Å². The van der Waals surface area contributed by atoms with Gasteiger partial charge in [-0.1, -0.05) is 13.8 Å². The van der Waals surface area contributed by atoms with E-state index < -0.39 is 0 Å². The summed E-state index contributed by atoms with van der Waals surface area (Å²) in [6.07, 6.45) is 5.77. The number of nitrogens with one attached hydrogen (secondary N) is 1. The van der Waals surface area contributed by atoms with Crippen LogP contribution in [0.2, 0.25) is 0 Å². The zero-order valence-corrected chi connectivity index (χ0v) is 12.2. The number of halogens is 1. The fraction of sp³-hybridized carbons (Fsp3) is 0.643. The Balaban J connectivity index is 1.81. The first-order valence-electron chi connectivity index (χ1n) is 6.49. The summed E-state index contributed by atoms with van der Waals surface area (Å²) in [4.78, 5) is 4.46. The Hall–Kier alpha value is -0.410. The molecule has 0 aromatic carbocycles. The average molecular weight is 297 g/mol. The Morgan fingerprint density at radius 1 is 1.35 bits per heavy atom. The standard InChI is InChI=1S/C14H21BrN2/c1-10(2)16-8-12-4-3-11(12)7-14-6-5-13(15)9-17-14/h5-6,9-12,16H,3-4,7-8H2,1-2H3. The Bertz CT molecular complexity index is 348. The lowest BCUT2D eigenvalue weighted by atomic mass is 9.71. The third-order valence-electron chi connectivity index (χ3n) is 3.62. The van der Waals surface area contributed by atoms with Crippen LogP contribution in [0.1, 0.15) is 32.4 Å². The highest BCUT2D eigenvalue weighted by molar-refractivity contribution is 9.10. The summed E-state index contributed by atoms with van der Waals surface area (Å²) in [6.45, 7) is 5.59. The van der Waals surface area contributed by atoms with Crippen LogP contribution in [0.4, 0.5) is 0 Å². The molecule has 0 spiro atoms. The molecule has 17 heavy (non-hydrogen) atoms. The second kappa shape index (κ2) is 5.96. The van der Waals surface area contributed by atoms with Crippen LogP contribution in [0.25, 0.3) is 0 Å². The average Bonchev–Trinajstić information content (AvgIpc) is 2.26. The number of hydrogen-bond donors (Lipinski definition) is 1. The van der Waals surface area contributed by atoms with E-state index in [4.69, 9.17) is 0 Å². The Morgan fingerprint density at radius 2 is 2.12 bits per heavy atom. The summed E-state index contributed by atoms with van der Waals surface area (Å²) in [6, 6.07) is 4.82. The van der Waals surface area contributed by atoms with Gasteiger partial charge < -0.3 is 5.32 Å². The lowest BCUT2D eigenvalue weighted by Gasteiger charge is -2.37. The van der Waals surface area contributed by atoms with Gasteiger partial charge in [0.05, 0.1) is 0 Å². The summed E-state index contributed by atoms with van der Waals surface area (Å²) < 4.78 is 1.06. The second-order valence-corrected chi connectivity index (χ2v) is 6.25. The molecule has 1 aliphatic rings. The lowest BCUT2D eigenvalue weighted by Crippen LogP contribution is -2.38. The summed E-state index contributed by atoms with van der Waals surface area (Å²) in [5.41, 5.74) is 1.23. The number of pyridine rings is 1. The fourth-order valence-corrected chi connectivity index (χ4v) is 2.59. The molecule has 2 atom stereocenters. The summed E-state index contributed by atoms with van der Waals surface area (Å²) in [5.74, 6) is 1.68. The van der Waals surface area contributed by atoms with Crippen molar-refractivity contribution < 1.29 is 0 Å². The van der Waals surface area contributed by atoms with Crippen molar-refractivity contribution in [2.45, 2.75) is 39.2 Å². The van der Waals surface area contributed by atoms with E-state index >= 15 is 0 Å². The minimum atomic E-state index is 0.599. The molecule has 0 saturated heterocycles. The minimum absolute atomic E-state index is 0.599. The molecule has 94 valence electrons. The van der Waals surface area contributed by atoms with Gasteiger partial charge in [0.15, 0.2) is 0 Å². The van der Waals surface area contributed by atoms with Crippen molar-refractivity contribution in [2.75, 3.05) is 6.54 Å². The second-order valence-electron chi connectivity index (χ2n) is 5.33. The van der Waals surface area contributed by atoms with E-state index in [0.29, 0.717) is 6.04 Å². The first kappa shape index (κ1) is 13.0. The molecule has 1 aliphatic carbocycles. The van der Waals surface area contributed by atoms with Crippen LogP contribution in [0, 0.1) is 11.8 Å². The summed E-state index contributed by atoms with van der Waals surface area (Å²) in [7, 11) is 0. The van der Waals surface area contributed by atoms with Crippen molar-refractivity contribution in [3.8, 4) is 0 Å². The highest BCUT2D eigenvalue weighted by Gasteiger charge is 2.30. The van der Waals surface area contributed by atoms with Crippen LogP contribution in [-0.4, -0.2) is 17.6 Å². The molecule has 3 heteroatoms. The molecular weight excluding hydrogens is 276 g/mol. The molecule has 1 fully saturated rings. The molecule has 1 heterocycles. The molecule has 0 amide bonds. The van der Waals surface area contributed by atoms with E-state index in [1.807, 2.05) is 6.20 Å². The van der Waals surface area contributed by atoms with Gasteiger partial charge >= 0.3 is 0 Å². The van der Waals surface area contributed by atoms with E-state index in [1.54, 1.807) is 0 Å². The van der Waals surface area contributed by atoms with Gasteiger partial charge in [0, 0.05) is 22.4 Å². The fourth-order valence-electron chi connectivity index (χ4n) is 2.36. The Morgan fingerprint density at radius 3 is 2.65 bits per heavy atom. The van der Waals surface area contributed by atoms with Gasteiger partial charge in [0.1, 0.15) is 0 Å². The minimum Gasteiger partial charge on any atom is -0.314 e. The number of hydrogen-bond acceptors (Lipinski definition) is 2. The van der Waals surface area contributed by atoms with Crippen molar-refractivity contribution in [3.63, 3.8) is 0 Å². The van der Waals surface area contributed by atoms with Crippen LogP contribution in [0.15, 0.2) is 22.8 Å². The number of aromatic nitrogens is 1. The van der Waals surface area contributed by atoms with Crippen LogP contribution in [-0.2, 0) is 6.42 Å². The maximum atomic E-state index is 4.46. The molecule has 2 unspecified atom stereocenters. The number of nitrogens with zero attached hydrogens (tertiary/aromatic N) is 1. The Labute approximate surface area is 112 Å². The van der Waals surface area contributed by atoms with Crippen LogP contribution in [0.5, 0.6) is 0 Å². The third-order valence-corrected chi connectivity index (χ3v) is 4.09. The summed E-state index contributed by atoms with van der Waals surface area (Å²) in [5, 5.41) is 3.54. The molecule has 2 rings (SSSR count). The molecule has 2 nitrogen and oxygen atoms in total. The Kier molecular flexibility index (Phi) is 4.57. The van der Waals surface area contributed by atoms with Crippen LogP contribution >= 0.6 is 15.9 Å². The normalized spacial score (nSPS) is 23.8. The largest absolute Gasteiger partial charge is 0.314 e. The maximum absolute atomic E-state index is 4.46. The van der Waals surface area contributed by atoms with Crippen molar-refractivity contribution in [1.82, 2.24) is 10.3 Å². The van der Waals surface area contributed by atoms with E-state index in [1.165, 1.54) is 25.1 Å². The maximum Gasteiger partial charge on any atom is 0.0413 e. The topological polar surface area (TPSA) is 24.9 Å². The van der Waals surface area contributed by atoms with E-state index in [-0.39, 0.29) is 0 Å². The van der Waals surface area contributed by atoms with Crippen molar-refractivity contribution in [3.05, 3.63) is 28.5 Å². The highest BCUT2D eigenvalue weighted by Crippen LogP contribution is 2.36. The molecule has 0 radical (unpaired) electrons. The van der Waals surface area contributed by atoms with E-state index in [0.717, 1.165) is 22.7 Å². The molecule has 1 N–H and O–H groups in total. The van der Waals surface area contributed by atoms with Crippen molar-refractivity contribution in [1.29, 1.82) is 0 Å². The van der Waals surface area contributed by atoms with Gasteiger partial charge in [-0.2, -0.15) is 0 Å². The highest BCUT2D eigenvalue weighted by atomic mass is 79.9. The summed E-state index contributed by atoms with van der Waals surface area (Å²) >= 11 is 3.42. The third kappa shape index (κ3) is 3.78. The molecule has 1 aromatic heterocycles. The van der Waals surface area contributed by atoms with Gasteiger partial charge in [-0.3, -0.25) is 4.98 Å². The van der Waals surface area contributed by atoms with Crippen molar-refractivity contribution in [2.24, 2.45) is 11.8 Å². The van der Waals surface area contributed by atoms with Crippen LogP contribution in [0.3, 0.4) is 0 Å². The van der Waals surface area contributed by atoms with E-state index in [9.17, 15) is 0 Å². The molecule has 0 bridgehead atoms. The monoisotopic (exact) mass is 296 g/mol. The predicted molar refractivity (Wildman–Crippen MR) is 75.0 cm³/mol. The molecule has 1 aromatic rings.